The molecule has 44 heavy (non-hydrogen) atoms. The number of hydrogen-bond donors (Lipinski definition) is 1. The fourth-order valence-corrected chi connectivity index (χ4v) is 5.04. The SMILES string of the molecule is Cc1cc(C(=O)N(Cc2ccc(C(F)(F)F)o2)Cc2ccc(-c3cccc(C(C)(C)C(=O)O)c3)cc2Cl)c2ncccc2n1. The molecule has 2 aromatic carbocycles. The molecule has 5 aromatic rings. The van der Waals surface area contributed by atoms with Crippen LogP contribution in [0.5, 0.6) is 0 Å². The molecule has 11 heteroatoms. The lowest BCUT2D eigenvalue weighted by Gasteiger charge is -2.24. The van der Waals surface area contributed by atoms with Crippen molar-refractivity contribution in [1.29, 1.82) is 0 Å². The number of pyridine rings is 2. The van der Waals surface area contributed by atoms with Crippen molar-refractivity contribution in [2.75, 3.05) is 0 Å². The summed E-state index contributed by atoms with van der Waals surface area (Å²) in [4.78, 5) is 35.9. The molecule has 0 spiro atoms. The molecule has 0 aliphatic heterocycles. The van der Waals surface area contributed by atoms with Gasteiger partial charge in [-0.05, 0) is 79.4 Å². The van der Waals surface area contributed by atoms with Gasteiger partial charge in [-0.1, -0.05) is 48.0 Å². The number of aryl methyl sites for hydroxylation is 1. The Bertz CT molecular complexity index is 1880. The van der Waals surface area contributed by atoms with E-state index >= 15 is 0 Å². The van der Waals surface area contributed by atoms with Crippen molar-refractivity contribution in [1.82, 2.24) is 14.9 Å². The summed E-state index contributed by atoms with van der Waals surface area (Å²) >= 11 is 6.71. The van der Waals surface area contributed by atoms with Crippen LogP contribution in [0.3, 0.4) is 0 Å². The van der Waals surface area contributed by atoms with Crippen molar-refractivity contribution in [3.05, 3.63) is 118 Å². The molecular formula is C33H27ClF3N3O4. The lowest BCUT2D eigenvalue weighted by atomic mass is 9.83. The number of aromatic nitrogens is 2. The molecule has 3 heterocycles. The Balaban J connectivity index is 1.51. The molecule has 1 amide bonds. The van der Waals surface area contributed by atoms with E-state index < -0.39 is 29.2 Å². The molecule has 0 fully saturated rings. The maximum atomic E-state index is 14.0. The zero-order valence-corrected chi connectivity index (χ0v) is 24.7. The number of hydrogen-bond acceptors (Lipinski definition) is 5. The highest BCUT2D eigenvalue weighted by molar-refractivity contribution is 6.31. The van der Waals surface area contributed by atoms with Crippen LogP contribution in [0.15, 0.2) is 83.4 Å². The monoisotopic (exact) mass is 621 g/mol. The van der Waals surface area contributed by atoms with Gasteiger partial charge in [0, 0.05) is 23.5 Å². The summed E-state index contributed by atoms with van der Waals surface area (Å²) in [6, 6.07) is 19.4. The maximum absolute atomic E-state index is 14.0. The number of benzene rings is 2. The van der Waals surface area contributed by atoms with Crippen molar-refractivity contribution in [2.24, 2.45) is 0 Å². The average Bonchev–Trinajstić information content (AvgIpc) is 3.46. The van der Waals surface area contributed by atoms with Crippen molar-refractivity contribution in [3.8, 4) is 11.1 Å². The molecule has 0 unspecified atom stereocenters. The number of furan rings is 1. The van der Waals surface area contributed by atoms with E-state index in [9.17, 15) is 27.9 Å². The van der Waals surface area contributed by atoms with Gasteiger partial charge in [0.1, 0.15) is 11.3 Å². The van der Waals surface area contributed by atoms with Crippen LogP contribution in [-0.4, -0.2) is 31.9 Å². The van der Waals surface area contributed by atoms with Gasteiger partial charge in [0.25, 0.3) is 5.91 Å². The second-order valence-corrected chi connectivity index (χ2v) is 11.3. The number of carboxylic acid groups (broad SMARTS) is 1. The molecule has 0 bridgehead atoms. The van der Waals surface area contributed by atoms with Gasteiger partial charge in [-0.15, -0.1) is 0 Å². The molecule has 0 atom stereocenters. The quantitative estimate of drug-likeness (QED) is 0.188. The third kappa shape index (κ3) is 6.30. The lowest BCUT2D eigenvalue weighted by Crippen LogP contribution is -2.30. The molecule has 3 aromatic heterocycles. The van der Waals surface area contributed by atoms with E-state index in [0.29, 0.717) is 32.9 Å². The molecular weight excluding hydrogens is 595 g/mol. The zero-order chi connectivity index (χ0) is 31.8. The van der Waals surface area contributed by atoms with E-state index in [0.717, 1.165) is 17.2 Å². The van der Waals surface area contributed by atoms with E-state index in [2.05, 4.69) is 9.97 Å². The first-order chi connectivity index (χ1) is 20.7. The fraction of sp³-hybridized carbons (Fsp3) is 0.212. The number of amides is 1. The molecule has 0 saturated carbocycles. The van der Waals surface area contributed by atoms with Gasteiger partial charge in [-0.3, -0.25) is 19.6 Å². The van der Waals surface area contributed by atoms with E-state index in [1.807, 2.05) is 6.07 Å². The van der Waals surface area contributed by atoms with Crippen molar-refractivity contribution in [2.45, 2.75) is 45.5 Å². The largest absolute Gasteiger partial charge is 0.481 e. The Morgan fingerprint density at radius 1 is 0.955 bits per heavy atom. The van der Waals surface area contributed by atoms with Crippen molar-refractivity contribution >= 4 is 34.5 Å². The Kier molecular flexibility index (Phi) is 8.22. The summed E-state index contributed by atoms with van der Waals surface area (Å²) in [6.45, 7) is 4.65. The van der Waals surface area contributed by atoms with Gasteiger partial charge < -0.3 is 14.4 Å². The minimum absolute atomic E-state index is 0.0538. The molecule has 0 aliphatic carbocycles. The summed E-state index contributed by atoms with van der Waals surface area (Å²) in [6.07, 6.45) is -3.14. The first kappa shape index (κ1) is 30.7. The Morgan fingerprint density at radius 2 is 1.70 bits per heavy atom. The topological polar surface area (TPSA) is 96.5 Å². The van der Waals surface area contributed by atoms with Gasteiger partial charge in [-0.2, -0.15) is 13.2 Å². The van der Waals surface area contributed by atoms with Gasteiger partial charge >= 0.3 is 12.1 Å². The van der Waals surface area contributed by atoms with Gasteiger partial charge in [-0.25, -0.2) is 0 Å². The van der Waals surface area contributed by atoms with Gasteiger partial charge in [0.2, 0.25) is 5.76 Å². The first-order valence-corrected chi connectivity index (χ1v) is 13.9. The molecule has 0 radical (unpaired) electrons. The predicted molar refractivity (Wildman–Crippen MR) is 159 cm³/mol. The van der Waals surface area contributed by atoms with Crippen LogP contribution in [0.2, 0.25) is 5.02 Å². The average molecular weight is 622 g/mol. The van der Waals surface area contributed by atoms with Crippen LogP contribution in [-0.2, 0) is 29.5 Å². The van der Waals surface area contributed by atoms with Crippen molar-refractivity contribution in [3.63, 3.8) is 0 Å². The highest BCUT2D eigenvalue weighted by Crippen LogP contribution is 2.33. The number of alkyl halides is 3. The number of carbonyl (C=O) groups is 2. The Hall–Kier alpha value is -4.70. The molecule has 0 aliphatic rings. The molecule has 7 nitrogen and oxygen atoms in total. The molecule has 0 saturated heterocycles. The van der Waals surface area contributed by atoms with E-state index in [-0.39, 0.29) is 24.4 Å². The predicted octanol–water partition coefficient (Wildman–Crippen LogP) is 8.08. The van der Waals surface area contributed by atoms with Crippen LogP contribution in [0.4, 0.5) is 13.2 Å². The second-order valence-electron chi connectivity index (χ2n) is 10.9. The number of fused-ring (bicyclic) bond motifs is 1. The van der Waals surface area contributed by atoms with Crippen molar-refractivity contribution < 1.29 is 32.3 Å². The smallest absolute Gasteiger partial charge is 0.449 e. The highest BCUT2D eigenvalue weighted by atomic mass is 35.5. The van der Waals surface area contributed by atoms with Crippen LogP contribution < -0.4 is 0 Å². The second kappa shape index (κ2) is 11.8. The van der Waals surface area contributed by atoms with Gasteiger partial charge in [0.15, 0.2) is 0 Å². The third-order valence-corrected chi connectivity index (χ3v) is 7.72. The van der Waals surface area contributed by atoms with Crippen LogP contribution in [0.1, 0.15) is 52.5 Å². The number of carboxylic acids is 1. The number of halogens is 4. The highest BCUT2D eigenvalue weighted by Gasteiger charge is 2.35. The normalized spacial score (nSPS) is 12.0. The summed E-state index contributed by atoms with van der Waals surface area (Å²) in [5, 5.41) is 9.96. The summed E-state index contributed by atoms with van der Waals surface area (Å²) in [5.74, 6) is -2.67. The number of rotatable bonds is 8. The Morgan fingerprint density at radius 3 is 2.39 bits per heavy atom. The number of aliphatic carboxylic acids is 1. The van der Waals surface area contributed by atoms with E-state index in [1.165, 1.54) is 17.2 Å². The minimum Gasteiger partial charge on any atom is -0.481 e. The molecule has 1 N–H and O–H groups in total. The lowest BCUT2D eigenvalue weighted by molar-refractivity contribution is -0.153. The fourth-order valence-electron chi connectivity index (χ4n) is 4.80. The number of nitrogens with zero attached hydrogens (tertiary/aromatic N) is 3. The molecule has 5 rings (SSSR count). The summed E-state index contributed by atoms with van der Waals surface area (Å²) < 4.78 is 44.8. The standard InChI is InChI=1S/C33H27ClF3N3O4/c1-19-14-25(29-27(39-19)8-5-13-38-29)30(41)40(18-24-11-12-28(44-24)33(35,36)37)17-22-10-9-21(16-26(22)34)20-6-4-7-23(15-20)32(2,3)31(42)43/h4-16H,17-18H2,1-3H3,(H,42,43). The van der Waals surface area contributed by atoms with E-state index in [4.69, 9.17) is 16.0 Å². The Labute approximate surface area is 255 Å². The van der Waals surface area contributed by atoms with Crippen LogP contribution in [0, 0.1) is 6.92 Å². The third-order valence-electron chi connectivity index (χ3n) is 7.36. The number of carbonyl (C=O) groups excluding carboxylic acids is 1. The van der Waals surface area contributed by atoms with Crippen LogP contribution in [0.25, 0.3) is 22.2 Å². The summed E-state index contributed by atoms with van der Waals surface area (Å²) in [5.41, 5.74) is 3.18. The zero-order valence-electron chi connectivity index (χ0n) is 23.9. The van der Waals surface area contributed by atoms with E-state index in [1.54, 1.807) is 75.4 Å². The summed E-state index contributed by atoms with van der Waals surface area (Å²) in [7, 11) is 0. The maximum Gasteiger partial charge on any atom is 0.449 e. The molecule has 226 valence electrons. The first-order valence-electron chi connectivity index (χ1n) is 13.5. The minimum atomic E-state index is -4.68. The van der Waals surface area contributed by atoms with Gasteiger partial charge in [0.05, 0.1) is 23.0 Å². The van der Waals surface area contributed by atoms with Crippen LogP contribution >= 0.6 is 11.6 Å².